The van der Waals surface area contributed by atoms with E-state index in [2.05, 4.69) is 55.8 Å². The second-order valence-electron chi connectivity index (χ2n) is 15.0. The van der Waals surface area contributed by atoms with E-state index in [-0.39, 0.29) is 0 Å². The van der Waals surface area contributed by atoms with Crippen molar-refractivity contribution in [3.05, 3.63) is 73.4 Å². The molecule has 0 radical (unpaired) electrons. The molecule has 50 heavy (non-hydrogen) atoms. The van der Waals surface area contributed by atoms with Gasteiger partial charge < -0.3 is 21.7 Å². The lowest BCUT2D eigenvalue weighted by Gasteiger charge is -2.10. The lowest BCUT2D eigenvalue weighted by Crippen LogP contribution is -2.19. The van der Waals surface area contributed by atoms with Crippen molar-refractivity contribution >= 4 is 0 Å². The molecule has 0 fully saturated rings. The third-order valence-electron chi connectivity index (χ3n) is 9.83. The van der Waals surface area contributed by atoms with Crippen molar-refractivity contribution in [1.29, 1.82) is 0 Å². The molecule has 0 rings (SSSR count). The SMILES string of the molecule is C=C(N)CNC(=C)CCCCCCCCCCCCCCCCCCCCCCCCCCNC(=C)CCCCCNC(=C)/C=C\C(=C)CC. The summed E-state index contributed by atoms with van der Waals surface area (Å²) in [6, 6.07) is 0. The van der Waals surface area contributed by atoms with Crippen molar-refractivity contribution in [1.82, 2.24) is 16.0 Å². The number of nitrogens with two attached hydrogens (primary N) is 1. The first-order chi connectivity index (χ1) is 24.3. The molecular formula is C46H86N4. The predicted octanol–water partition coefficient (Wildman–Crippen LogP) is 13.6. The van der Waals surface area contributed by atoms with Gasteiger partial charge in [-0.1, -0.05) is 199 Å². The van der Waals surface area contributed by atoms with Crippen LogP contribution in [0.1, 0.15) is 200 Å². The average molecular weight is 695 g/mol. The quantitative estimate of drug-likeness (QED) is 0.0380. The van der Waals surface area contributed by atoms with E-state index in [1.807, 2.05) is 12.2 Å². The molecule has 0 aromatic carbocycles. The lowest BCUT2D eigenvalue weighted by atomic mass is 10.0. The number of unbranched alkanes of at least 4 members (excludes halogenated alkanes) is 25. The van der Waals surface area contributed by atoms with Crippen LogP contribution in [0.15, 0.2) is 73.4 Å². The van der Waals surface area contributed by atoms with Crippen LogP contribution in [0.4, 0.5) is 0 Å². The van der Waals surface area contributed by atoms with Crippen LogP contribution in [0.2, 0.25) is 0 Å². The van der Waals surface area contributed by atoms with Gasteiger partial charge in [-0.25, -0.2) is 0 Å². The van der Waals surface area contributed by atoms with Gasteiger partial charge in [0, 0.05) is 35.9 Å². The van der Waals surface area contributed by atoms with E-state index in [4.69, 9.17) is 5.73 Å². The molecule has 0 aromatic rings. The summed E-state index contributed by atoms with van der Waals surface area (Å²) in [6.45, 7) is 24.9. The number of allylic oxidation sites excluding steroid dienone is 5. The highest BCUT2D eigenvalue weighted by molar-refractivity contribution is 5.22. The summed E-state index contributed by atoms with van der Waals surface area (Å²) in [6.07, 6.45) is 44.6. The molecule has 0 saturated heterocycles. The van der Waals surface area contributed by atoms with Crippen LogP contribution in [-0.2, 0) is 0 Å². The van der Waals surface area contributed by atoms with E-state index >= 15 is 0 Å². The maximum atomic E-state index is 5.58. The topological polar surface area (TPSA) is 62.1 Å². The highest BCUT2D eigenvalue weighted by atomic mass is 14.9. The van der Waals surface area contributed by atoms with Gasteiger partial charge in [-0.05, 0) is 51.0 Å². The average Bonchev–Trinajstić information content (AvgIpc) is 3.10. The second kappa shape index (κ2) is 37.9. The van der Waals surface area contributed by atoms with Gasteiger partial charge in [-0.2, -0.15) is 0 Å². The van der Waals surface area contributed by atoms with Crippen LogP contribution in [0.25, 0.3) is 0 Å². The van der Waals surface area contributed by atoms with Gasteiger partial charge in [0.25, 0.3) is 0 Å². The highest BCUT2D eigenvalue weighted by Crippen LogP contribution is 2.16. The molecule has 0 aromatic heterocycles. The summed E-state index contributed by atoms with van der Waals surface area (Å²) in [7, 11) is 0. The number of hydrogen-bond acceptors (Lipinski definition) is 4. The van der Waals surface area contributed by atoms with E-state index in [1.165, 1.54) is 179 Å². The Labute approximate surface area is 313 Å². The molecule has 0 aliphatic heterocycles. The molecule has 290 valence electrons. The zero-order chi connectivity index (χ0) is 36.8. The summed E-state index contributed by atoms with van der Waals surface area (Å²) in [5.74, 6) is 0. The third kappa shape index (κ3) is 38.4. The molecule has 4 heteroatoms. The smallest absolute Gasteiger partial charge is 0.0536 e. The largest absolute Gasteiger partial charge is 0.401 e. The van der Waals surface area contributed by atoms with Crippen LogP contribution in [-0.4, -0.2) is 19.6 Å². The summed E-state index contributed by atoms with van der Waals surface area (Å²) in [5, 5.41) is 10.2. The van der Waals surface area contributed by atoms with Crippen molar-refractivity contribution in [2.45, 2.75) is 200 Å². The maximum absolute atomic E-state index is 5.58. The monoisotopic (exact) mass is 695 g/mol. The Morgan fingerprint density at radius 2 is 0.740 bits per heavy atom. The Hall–Kier alpha value is -2.36. The third-order valence-corrected chi connectivity index (χ3v) is 9.83. The summed E-state index contributed by atoms with van der Waals surface area (Å²) < 4.78 is 0. The Balaban J connectivity index is 3.23. The van der Waals surface area contributed by atoms with E-state index in [0.717, 1.165) is 49.3 Å². The summed E-state index contributed by atoms with van der Waals surface area (Å²) in [5.41, 5.74) is 10.7. The molecule has 0 amide bonds. The van der Waals surface area contributed by atoms with Gasteiger partial charge in [0.15, 0.2) is 0 Å². The molecule has 0 saturated carbocycles. The molecule has 0 atom stereocenters. The second-order valence-corrected chi connectivity index (χ2v) is 15.0. The van der Waals surface area contributed by atoms with Gasteiger partial charge >= 0.3 is 0 Å². The summed E-state index contributed by atoms with van der Waals surface area (Å²) in [4.78, 5) is 0. The van der Waals surface area contributed by atoms with Crippen molar-refractivity contribution < 1.29 is 0 Å². The summed E-state index contributed by atoms with van der Waals surface area (Å²) >= 11 is 0. The molecule has 0 heterocycles. The Kier molecular flexibility index (Phi) is 36.1. The van der Waals surface area contributed by atoms with Crippen molar-refractivity contribution in [2.75, 3.05) is 19.6 Å². The van der Waals surface area contributed by atoms with Crippen LogP contribution >= 0.6 is 0 Å². The first-order valence-electron chi connectivity index (χ1n) is 21.4. The standard InChI is InChI=1S/C46H86N4/c1-7-42(2)37-38-46(6)49-40-34-30-32-35-44(4)48-39-33-29-27-25-23-21-19-17-15-13-11-9-8-10-12-14-16-18-20-22-24-26-28-31-36-45(5)50-41-43(3)47/h37-38,48-50H,2-36,39-41,47H2,1H3/b38-37-. The van der Waals surface area contributed by atoms with Gasteiger partial charge in [-0.3, -0.25) is 0 Å². The van der Waals surface area contributed by atoms with Crippen LogP contribution in [0.5, 0.6) is 0 Å². The molecule has 0 unspecified atom stereocenters. The molecule has 0 aliphatic carbocycles. The van der Waals surface area contributed by atoms with E-state index in [0.29, 0.717) is 12.2 Å². The van der Waals surface area contributed by atoms with E-state index in [9.17, 15) is 0 Å². The zero-order valence-electron chi connectivity index (χ0n) is 33.6. The van der Waals surface area contributed by atoms with Gasteiger partial charge in [0.2, 0.25) is 0 Å². The molecule has 4 nitrogen and oxygen atoms in total. The van der Waals surface area contributed by atoms with E-state index < -0.39 is 0 Å². The van der Waals surface area contributed by atoms with Crippen molar-refractivity contribution in [2.24, 2.45) is 5.73 Å². The minimum Gasteiger partial charge on any atom is -0.401 e. The fourth-order valence-electron chi connectivity index (χ4n) is 6.32. The van der Waals surface area contributed by atoms with Crippen LogP contribution in [0.3, 0.4) is 0 Å². The number of rotatable bonds is 41. The Bertz CT molecular complexity index is 869. The van der Waals surface area contributed by atoms with Crippen molar-refractivity contribution in [3.8, 4) is 0 Å². The minimum atomic E-state index is 0.645. The molecular weight excluding hydrogens is 609 g/mol. The molecule has 0 spiro atoms. The first-order valence-corrected chi connectivity index (χ1v) is 21.4. The Morgan fingerprint density at radius 3 is 1.12 bits per heavy atom. The molecule has 0 bridgehead atoms. The predicted molar refractivity (Wildman–Crippen MR) is 227 cm³/mol. The number of hydrogen-bond donors (Lipinski definition) is 4. The van der Waals surface area contributed by atoms with Gasteiger partial charge in [0.1, 0.15) is 0 Å². The molecule has 0 aliphatic rings. The van der Waals surface area contributed by atoms with Crippen LogP contribution in [0, 0.1) is 0 Å². The lowest BCUT2D eigenvalue weighted by molar-refractivity contribution is 0.515. The first kappa shape index (κ1) is 47.6. The molecule has 5 N–H and O–H groups in total. The van der Waals surface area contributed by atoms with Crippen LogP contribution < -0.4 is 21.7 Å². The minimum absolute atomic E-state index is 0.645. The fraction of sp³-hybridized carbons (Fsp3) is 0.739. The van der Waals surface area contributed by atoms with Gasteiger partial charge in [-0.15, -0.1) is 0 Å². The Morgan fingerprint density at radius 1 is 0.420 bits per heavy atom. The maximum Gasteiger partial charge on any atom is 0.0536 e. The normalized spacial score (nSPS) is 11.1. The number of nitrogens with one attached hydrogen (secondary N) is 3. The van der Waals surface area contributed by atoms with E-state index in [1.54, 1.807) is 0 Å². The fourth-order valence-corrected chi connectivity index (χ4v) is 6.32. The zero-order valence-corrected chi connectivity index (χ0v) is 33.6. The highest BCUT2D eigenvalue weighted by Gasteiger charge is 1.99. The van der Waals surface area contributed by atoms with Gasteiger partial charge in [0.05, 0.1) is 6.54 Å². The van der Waals surface area contributed by atoms with Crippen molar-refractivity contribution in [3.63, 3.8) is 0 Å².